The van der Waals surface area contributed by atoms with Crippen LogP contribution in [0.4, 0.5) is 9.59 Å². The van der Waals surface area contributed by atoms with E-state index in [4.69, 9.17) is 28.1 Å². The first kappa shape index (κ1) is 36.5. The van der Waals surface area contributed by atoms with Crippen LogP contribution in [0.2, 0.25) is 18.1 Å². The maximum absolute atomic E-state index is 14.1. The molecule has 0 spiro atoms. The quantitative estimate of drug-likeness (QED) is 0.146. The summed E-state index contributed by atoms with van der Waals surface area (Å²) in [7, 11) is -2.60. The highest BCUT2D eigenvalue weighted by Crippen LogP contribution is 2.39. The van der Waals surface area contributed by atoms with Crippen LogP contribution in [0.3, 0.4) is 0 Å². The highest BCUT2D eigenvalue weighted by molar-refractivity contribution is 6.74. The topological polar surface area (TPSA) is 122 Å². The molecule has 11 nitrogen and oxygen atoms in total. The van der Waals surface area contributed by atoms with Gasteiger partial charge < -0.3 is 28.1 Å². The third kappa shape index (κ3) is 12.5. The normalized spacial score (nSPS) is 16.5. The standard InChI is InChI=1S/C31H52N2O9Si/c1-29(2,3)40-27(35)32-33(28(36)41-30(4,5)6)25(26(34)39-21-22-16-13-12-14-17-22)23(20-24-37-18-15-19-38-24)42-43(10,11)31(7,8)9/h12-14,16-17,23-25H,15,18-21H2,1-11H3,(H,32,35)/t23-,25-/m0/s1. The molecule has 0 saturated carbocycles. The molecule has 2 rings (SSSR count). The van der Waals surface area contributed by atoms with Gasteiger partial charge in [-0.3, -0.25) is 0 Å². The fourth-order valence-corrected chi connectivity index (χ4v) is 5.17. The second-order valence-electron chi connectivity index (χ2n) is 14.2. The predicted molar refractivity (Wildman–Crippen MR) is 164 cm³/mol. The molecule has 2 atom stereocenters. The molecule has 0 radical (unpaired) electrons. The first-order valence-corrected chi connectivity index (χ1v) is 17.7. The number of amides is 2. The first-order valence-electron chi connectivity index (χ1n) is 14.8. The number of nitrogens with one attached hydrogen (secondary N) is 1. The van der Waals surface area contributed by atoms with Gasteiger partial charge in [-0.15, -0.1) is 0 Å². The fourth-order valence-electron chi connectivity index (χ4n) is 3.84. The van der Waals surface area contributed by atoms with E-state index >= 15 is 0 Å². The minimum atomic E-state index is -2.60. The van der Waals surface area contributed by atoms with Crippen molar-refractivity contribution in [2.45, 2.75) is 130 Å². The molecule has 1 saturated heterocycles. The van der Waals surface area contributed by atoms with Crippen molar-refractivity contribution in [2.75, 3.05) is 13.2 Å². The monoisotopic (exact) mass is 624 g/mol. The molecule has 1 aliphatic rings. The summed E-state index contributed by atoms with van der Waals surface area (Å²) in [6.45, 7) is 21.3. The number of carbonyl (C=O) groups excluding carboxylic acids is 3. The van der Waals surface area contributed by atoms with Crippen molar-refractivity contribution in [3.63, 3.8) is 0 Å². The van der Waals surface area contributed by atoms with Crippen LogP contribution in [0.15, 0.2) is 30.3 Å². The van der Waals surface area contributed by atoms with Crippen molar-refractivity contribution < 1.29 is 42.5 Å². The molecule has 1 N–H and O–H groups in total. The summed E-state index contributed by atoms with van der Waals surface area (Å²) in [5.41, 5.74) is 1.39. The summed E-state index contributed by atoms with van der Waals surface area (Å²) in [6, 6.07) is 7.68. The van der Waals surface area contributed by atoms with Crippen molar-refractivity contribution in [1.82, 2.24) is 10.4 Å². The zero-order valence-corrected chi connectivity index (χ0v) is 28.8. The van der Waals surface area contributed by atoms with E-state index in [2.05, 4.69) is 26.2 Å². The lowest BCUT2D eigenvalue weighted by Gasteiger charge is -2.44. The Morgan fingerprint density at radius 1 is 0.930 bits per heavy atom. The Balaban J connectivity index is 2.63. The van der Waals surface area contributed by atoms with Gasteiger partial charge in [0.2, 0.25) is 0 Å². The average molecular weight is 625 g/mol. The van der Waals surface area contributed by atoms with Gasteiger partial charge in [0.05, 0.1) is 19.3 Å². The van der Waals surface area contributed by atoms with Crippen LogP contribution in [0.25, 0.3) is 0 Å². The molecule has 43 heavy (non-hydrogen) atoms. The molecule has 1 fully saturated rings. The zero-order chi connectivity index (χ0) is 32.6. The second kappa shape index (κ2) is 14.9. The van der Waals surface area contributed by atoms with Crippen LogP contribution >= 0.6 is 0 Å². The molecule has 1 aromatic rings. The smallest absolute Gasteiger partial charge is 0.430 e. The van der Waals surface area contributed by atoms with E-state index in [1.54, 1.807) is 41.5 Å². The van der Waals surface area contributed by atoms with E-state index in [9.17, 15) is 14.4 Å². The molecular weight excluding hydrogens is 572 g/mol. The number of esters is 1. The van der Waals surface area contributed by atoms with E-state index in [1.807, 2.05) is 43.4 Å². The molecule has 1 heterocycles. The van der Waals surface area contributed by atoms with Gasteiger partial charge in [0.1, 0.15) is 17.8 Å². The third-order valence-electron chi connectivity index (χ3n) is 6.87. The van der Waals surface area contributed by atoms with Gasteiger partial charge >= 0.3 is 18.2 Å². The van der Waals surface area contributed by atoms with Crippen molar-refractivity contribution >= 4 is 26.5 Å². The van der Waals surface area contributed by atoms with Gasteiger partial charge in [0, 0.05) is 6.42 Å². The van der Waals surface area contributed by atoms with Crippen LogP contribution in [0, 0.1) is 0 Å². The highest BCUT2D eigenvalue weighted by atomic mass is 28.4. The molecule has 0 unspecified atom stereocenters. The molecule has 2 amide bonds. The van der Waals surface area contributed by atoms with Gasteiger partial charge in [0.15, 0.2) is 20.6 Å². The van der Waals surface area contributed by atoms with Crippen LogP contribution in [-0.2, 0) is 39.5 Å². The third-order valence-corrected chi connectivity index (χ3v) is 11.4. The Morgan fingerprint density at radius 3 is 2.00 bits per heavy atom. The fraction of sp³-hybridized carbons (Fsp3) is 0.710. The Bertz CT molecular complexity index is 1060. The molecule has 0 aromatic heterocycles. The van der Waals surface area contributed by atoms with Gasteiger partial charge in [-0.2, -0.15) is 5.01 Å². The summed E-state index contributed by atoms with van der Waals surface area (Å²) in [5, 5.41) is 0.570. The lowest BCUT2D eigenvalue weighted by atomic mass is 10.1. The summed E-state index contributed by atoms with van der Waals surface area (Å²) in [4.78, 5) is 40.9. The number of benzene rings is 1. The van der Waals surface area contributed by atoms with Gasteiger partial charge in [0.25, 0.3) is 0 Å². The van der Waals surface area contributed by atoms with Crippen molar-refractivity contribution in [2.24, 2.45) is 0 Å². The Kier molecular flexibility index (Phi) is 12.6. The Morgan fingerprint density at radius 2 is 1.49 bits per heavy atom. The second-order valence-corrected chi connectivity index (χ2v) is 18.9. The van der Waals surface area contributed by atoms with Crippen LogP contribution in [-0.4, -0.2) is 74.3 Å². The molecule has 0 aliphatic carbocycles. The van der Waals surface area contributed by atoms with Crippen LogP contribution < -0.4 is 5.43 Å². The lowest BCUT2D eigenvalue weighted by Crippen LogP contribution is -2.63. The SMILES string of the molecule is CC(C)(C)OC(=O)NN(C(=O)OC(C)(C)C)[C@H](C(=O)OCc1ccccc1)[C@H](CC1OCCCO1)O[Si](C)(C)C(C)(C)C. The minimum Gasteiger partial charge on any atom is -0.459 e. The zero-order valence-electron chi connectivity index (χ0n) is 27.8. The van der Waals surface area contributed by atoms with Gasteiger partial charge in [-0.1, -0.05) is 51.1 Å². The molecule has 12 heteroatoms. The number of ether oxygens (including phenoxy) is 5. The molecule has 1 aromatic carbocycles. The minimum absolute atomic E-state index is 0.0615. The number of nitrogens with zero attached hydrogens (tertiary/aromatic N) is 1. The summed E-state index contributed by atoms with van der Waals surface area (Å²) in [5.74, 6) is -0.801. The maximum atomic E-state index is 14.1. The highest BCUT2D eigenvalue weighted by Gasteiger charge is 2.48. The van der Waals surface area contributed by atoms with Crippen molar-refractivity contribution in [1.29, 1.82) is 0 Å². The Labute approximate surface area is 257 Å². The maximum Gasteiger partial charge on any atom is 0.430 e. The first-order chi connectivity index (χ1) is 19.7. The van der Waals surface area contributed by atoms with E-state index in [0.29, 0.717) is 13.2 Å². The van der Waals surface area contributed by atoms with Gasteiger partial charge in [-0.05, 0) is 71.7 Å². The van der Waals surface area contributed by atoms with Crippen LogP contribution in [0.5, 0.6) is 0 Å². The van der Waals surface area contributed by atoms with E-state index in [1.165, 1.54) is 0 Å². The summed E-state index contributed by atoms with van der Waals surface area (Å²) < 4.78 is 35.4. The lowest BCUT2D eigenvalue weighted by molar-refractivity contribution is -0.196. The number of hydrazine groups is 1. The van der Waals surface area contributed by atoms with E-state index < -0.39 is 56.1 Å². The molecular formula is C31H52N2O9Si. The van der Waals surface area contributed by atoms with Gasteiger partial charge in [-0.25, -0.2) is 19.8 Å². The molecule has 1 aliphatic heterocycles. The number of rotatable bonds is 9. The summed E-state index contributed by atoms with van der Waals surface area (Å²) in [6.07, 6.45) is -2.81. The number of hydrogen-bond donors (Lipinski definition) is 1. The Hall–Kier alpha value is -2.67. The average Bonchev–Trinajstić information content (AvgIpc) is 2.85. The number of carbonyl (C=O) groups is 3. The molecule has 0 bridgehead atoms. The van der Waals surface area contributed by atoms with Crippen molar-refractivity contribution in [3.8, 4) is 0 Å². The van der Waals surface area contributed by atoms with E-state index in [-0.39, 0.29) is 18.1 Å². The van der Waals surface area contributed by atoms with Crippen molar-refractivity contribution in [3.05, 3.63) is 35.9 Å². The summed E-state index contributed by atoms with van der Waals surface area (Å²) >= 11 is 0. The largest absolute Gasteiger partial charge is 0.459 e. The predicted octanol–water partition coefficient (Wildman–Crippen LogP) is 6.32. The molecule has 244 valence electrons. The number of hydrogen-bond acceptors (Lipinski definition) is 9. The van der Waals surface area contributed by atoms with Crippen LogP contribution in [0.1, 0.15) is 80.7 Å². The van der Waals surface area contributed by atoms with E-state index in [0.717, 1.165) is 17.0 Å².